The summed E-state index contributed by atoms with van der Waals surface area (Å²) in [6, 6.07) is 14.8. The number of carbonyl (C=O) groups is 1. The fraction of sp³-hybridized carbons (Fsp3) is 0.235. The van der Waals surface area contributed by atoms with Crippen LogP contribution in [0, 0.1) is 18.7 Å². The van der Waals surface area contributed by atoms with Crippen molar-refractivity contribution in [3.8, 4) is 0 Å². The predicted octanol–water partition coefficient (Wildman–Crippen LogP) is 4.12. The predicted molar refractivity (Wildman–Crippen MR) is 72.8 cm³/mol. The molecule has 2 aromatic rings. The van der Waals surface area contributed by atoms with Crippen LogP contribution in [0.5, 0.6) is 0 Å². The lowest BCUT2D eigenvalue weighted by Gasteiger charge is -2.03. The van der Waals surface area contributed by atoms with Gasteiger partial charge in [0.2, 0.25) is 0 Å². The molecule has 1 nitrogen and oxygen atoms in total. The Morgan fingerprint density at radius 1 is 1.16 bits per heavy atom. The van der Waals surface area contributed by atoms with E-state index in [4.69, 9.17) is 0 Å². The fourth-order valence-electron chi connectivity index (χ4n) is 2.51. The van der Waals surface area contributed by atoms with Crippen LogP contribution in [0.15, 0.2) is 48.5 Å². The molecule has 0 aromatic heterocycles. The van der Waals surface area contributed by atoms with Gasteiger partial charge in [-0.2, -0.15) is 0 Å². The highest BCUT2D eigenvalue weighted by atomic mass is 19.1. The molecule has 19 heavy (non-hydrogen) atoms. The molecule has 0 N–H and O–H groups in total. The van der Waals surface area contributed by atoms with Crippen molar-refractivity contribution >= 4 is 5.78 Å². The van der Waals surface area contributed by atoms with E-state index in [2.05, 4.69) is 0 Å². The van der Waals surface area contributed by atoms with Gasteiger partial charge in [0, 0.05) is 11.5 Å². The molecule has 2 atom stereocenters. The Bertz CT molecular complexity index is 618. The van der Waals surface area contributed by atoms with Crippen LogP contribution in [-0.4, -0.2) is 5.78 Å². The fourth-order valence-corrected chi connectivity index (χ4v) is 2.51. The minimum Gasteiger partial charge on any atom is -0.294 e. The third kappa shape index (κ3) is 2.30. The van der Waals surface area contributed by atoms with E-state index in [0.29, 0.717) is 17.0 Å². The van der Waals surface area contributed by atoms with Gasteiger partial charge in [-0.1, -0.05) is 42.5 Å². The monoisotopic (exact) mass is 254 g/mol. The Balaban J connectivity index is 1.78. The van der Waals surface area contributed by atoms with Gasteiger partial charge >= 0.3 is 0 Å². The zero-order chi connectivity index (χ0) is 13.4. The summed E-state index contributed by atoms with van der Waals surface area (Å²) in [7, 11) is 0. The second kappa shape index (κ2) is 4.61. The quantitative estimate of drug-likeness (QED) is 0.753. The third-order valence-electron chi connectivity index (χ3n) is 3.81. The highest BCUT2D eigenvalue weighted by Crippen LogP contribution is 2.49. The maximum atomic E-state index is 13.5. The van der Waals surface area contributed by atoms with Crippen LogP contribution in [0.2, 0.25) is 0 Å². The molecule has 0 amide bonds. The molecular weight excluding hydrogens is 239 g/mol. The summed E-state index contributed by atoms with van der Waals surface area (Å²) in [5.74, 6) is 0.0816. The largest absolute Gasteiger partial charge is 0.294 e. The van der Waals surface area contributed by atoms with E-state index in [-0.39, 0.29) is 17.5 Å². The van der Waals surface area contributed by atoms with Crippen molar-refractivity contribution in [2.45, 2.75) is 19.3 Å². The number of aryl methyl sites for hydroxylation is 1. The minimum absolute atomic E-state index is 0.0181. The van der Waals surface area contributed by atoms with Crippen LogP contribution in [-0.2, 0) is 0 Å². The summed E-state index contributed by atoms with van der Waals surface area (Å²) < 4.78 is 13.5. The SMILES string of the molecule is Cc1ccc(C(=O)C2CC2c2ccccc2)cc1F. The first kappa shape index (κ1) is 12.1. The van der Waals surface area contributed by atoms with Gasteiger partial charge in [-0.25, -0.2) is 4.39 Å². The van der Waals surface area contributed by atoms with Crippen molar-refractivity contribution in [1.29, 1.82) is 0 Å². The Kier molecular flexibility index (Phi) is 2.94. The van der Waals surface area contributed by atoms with E-state index < -0.39 is 0 Å². The summed E-state index contributed by atoms with van der Waals surface area (Å²) in [6.45, 7) is 1.70. The normalized spacial score (nSPS) is 21.2. The van der Waals surface area contributed by atoms with Gasteiger partial charge in [0.25, 0.3) is 0 Å². The maximum absolute atomic E-state index is 13.5. The molecule has 2 heteroatoms. The third-order valence-corrected chi connectivity index (χ3v) is 3.81. The van der Waals surface area contributed by atoms with Crippen LogP contribution >= 0.6 is 0 Å². The Morgan fingerprint density at radius 3 is 2.58 bits per heavy atom. The van der Waals surface area contributed by atoms with Crippen LogP contribution in [0.25, 0.3) is 0 Å². The van der Waals surface area contributed by atoms with Crippen molar-refractivity contribution in [2.75, 3.05) is 0 Å². The number of halogens is 1. The number of rotatable bonds is 3. The number of hydrogen-bond donors (Lipinski definition) is 0. The van der Waals surface area contributed by atoms with Crippen molar-refractivity contribution in [2.24, 2.45) is 5.92 Å². The first-order valence-corrected chi connectivity index (χ1v) is 6.52. The lowest BCUT2D eigenvalue weighted by Crippen LogP contribution is -2.04. The van der Waals surface area contributed by atoms with E-state index in [1.165, 1.54) is 11.6 Å². The van der Waals surface area contributed by atoms with Gasteiger partial charge in [-0.3, -0.25) is 4.79 Å². The van der Waals surface area contributed by atoms with E-state index in [1.807, 2.05) is 30.3 Å². The minimum atomic E-state index is -0.303. The molecule has 1 saturated carbocycles. The van der Waals surface area contributed by atoms with Crippen molar-refractivity contribution in [3.05, 3.63) is 71.0 Å². The second-order valence-electron chi connectivity index (χ2n) is 5.19. The highest BCUT2D eigenvalue weighted by molar-refractivity contribution is 6.00. The Hall–Kier alpha value is -1.96. The molecule has 0 heterocycles. The van der Waals surface area contributed by atoms with Gasteiger partial charge in [0.05, 0.1) is 0 Å². The molecule has 1 aliphatic carbocycles. The highest BCUT2D eigenvalue weighted by Gasteiger charge is 2.43. The summed E-state index contributed by atoms with van der Waals surface area (Å²) in [5, 5.41) is 0. The molecule has 0 radical (unpaired) electrons. The Labute approximate surface area is 112 Å². The van der Waals surface area contributed by atoms with E-state index in [0.717, 1.165) is 6.42 Å². The summed E-state index contributed by atoms with van der Waals surface area (Å²) in [6.07, 6.45) is 0.873. The van der Waals surface area contributed by atoms with Gasteiger partial charge in [0.15, 0.2) is 5.78 Å². The van der Waals surface area contributed by atoms with E-state index in [1.54, 1.807) is 19.1 Å². The van der Waals surface area contributed by atoms with Crippen LogP contribution in [0.4, 0.5) is 4.39 Å². The van der Waals surface area contributed by atoms with Gasteiger partial charge in [-0.15, -0.1) is 0 Å². The van der Waals surface area contributed by atoms with Crippen LogP contribution < -0.4 is 0 Å². The lowest BCUT2D eigenvalue weighted by atomic mass is 10.0. The van der Waals surface area contributed by atoms with Crippen LogP contribution in [0.1, 0.15) is 33.8 Å². The van der Waals surface area contributed by atoms with Crippen molar-refractivity contribution in [3.63, 3.8) is 0 Å². The second-order valence-corrected chi connectivity index (χ2v) is 5.19. The zero-order valence-electron chi connectivity index (χ0n) is 10.8. The topological polar surface area (TPSA) is 17.1 Å². The number of benzene rings is 2. The van der Waals surface area contributed by atoms with Gasteiger partial charge in [0.1, 0.15) is 5.82 Å². The lowest BCUT2D eigenvalue weighted by molar-refractivity contribution is 0.0965. The molecule has 0 aliphatic heterocycles. The molecular formula is C17H15FO. The molecule has 2 unspecified atom stereocenters. The van der Waals surface area contributed by atoms with Crippen molar-refractivity contribution < 1.29 is 9.18 Å². The molecule has 0 saturated heterocycles. The van der Waals surface area contributed by atoms with Gasteiger partial charge in [-0.05, 0) is 36.5 Å². The van der Waals surface area contributed by atoms with Gasteiger partial charge < -0.3 is 0 Å². The molecule has 96 valence electrons. The average molecular weight is 254 g/mol. The molecule has 2 aromatic carbocycles. The zero-order valence-corrected chi connectivity index (χ0v) is 10.8. The summed E-state index contributed by atoms with van der Waals surface area (Å²) in [4.78, 5) is 12.3. The molecule has 1 aliphatic rings. The first-order valence-electron chi connectivity index (χ1n) is 6.52. The summed E-state index contributed by atoms with van der Waals surface area (Å²) >= 11 is 0. The maximum Gasteiger partial charge on any atom is 0.166 e. The van der Waals surface area contributed by atoms with Crippen LogP contribution in [0.3, 0.4) is 0 Å². The molecule has 0 spiro atoms. The summed E-state index contributed by atoms with van der Waals surface area (Å²) in [5.41, 5.74) is 2.27. The Morgan fingerprint density at radius 2 is 1.89 bits per heavy atom. The number of carbonyl (C=O) groups excluding carboxylic acids is 1. The number of ketones is 1. The molecule has 1 fully saturated rings. The molecule has 0 bridgehead atoms. The first-order chi connectivity index (χ1) is 9.16. The van der Waals surface area contributed by atoms with E-state index >= 15 is 0 Å². The molecule has 3 rings (SSSR count). The van der Waals surface area contributed by atoms with Crippen molar-refractivity contribution in [1.82, 2.24) is 0 Å². The standard InChI is InChI=1S/C17H15FO/c1-11-7-8-13(9-16(11)18)17(19)15-10-14(15)12-5-3-2-4-6-12/h2-9,14-15H,10H2,1H3. The van der Waals surface area contributed by atoms with E-state index in [9.17, 15) is 9.18 Å². The number of hydrogen-bond acceptors (Lipinski definition) is 1. The average Bonchev–Trinajstić information content (AvgIpc) is 3.22. The smallest absolute Gasteiger partial charge is 0.166 e. The number of Topliss-reactive ketones (excluding diaryl/α,β-unsaturated/α-hetero) is 1.